The molecule has 0 bridgehead atoms. The van der Waals surface area contributed by atoms with E-state index in [-0.39, 0.29) is 24.7 Å². The molecule has 1 heterocycles. The van der Waals surface area contributed by atoms with Crippen molar-refractivity contribution in [2.75, 3.05) is 6.54 Å². The molecule has 0 saturated carbocycles. The minimum atomic E-state index is -0.336. The van der Waals surface area contributed by atoms with Crippen molar-refractivity contribution in [2.24, 2.45) is 0 Å². The molecule has 0 atom stereocenters. The maximum atomic E-state index is 14.1. The molecule has 3 aromatic rings. The van der Waals surface area contributed by atoms with Crippen molar-refractivity contribution in [1.82, 2.24) is 14.7 Å². The van der Waals surface area contributed by atoms with E-state index in [1.807, 2.05) is 36.5 Å². The molecular formula is C21H19BrFN3O. The van der Waals surface area contributed by atoms with E-state index in [0.29, 0.717) is 12.1 Å². The molecule has 138 valence electrons. The zero-order valence-electron chi connectivity index (χ0n) is 14.7. The van der Waals surface area contributed by atoms with Crippen LogP contribution in [0.4, 0.5) is 4.39 Å². The molecule has 0 saturated heterocycles. The van der Waals surface area contributed by atoms with Gasteiger partial charge in [-0.15, -0.1) is 6.58 Å². The second-order valence-corrected chi connectivity index (χ2v) is 7.02. The molecule has 0 N–H and O–H groups in total. The fourth-order valence-electron chi connectivity index (χ4n) is 2.74. The third-order valence-corrected chi connectivity index (χ3v) is 4.58. The molecule has 0 unspecified atom stereocenters. The average Bonchev–Trinajstić information content (AvgIpc) is 3.13. The van der Waals surface area contributed by atoms with Gasteiger partial charge in [0, 0.05) is 29.3 Å². The van der Waals surface area contributed by atoms with Gasteiger partial charge in [-0.05, 0) is 35.9 Å². The van der Waals surface area contributed by atoms with E-state index in [1.54, 1.807) is 34.0 Å². The largest absolute Gasteiger partial charge is 0.334 e. The zero-order valence-corrected chi connectivity index (χ0v) is 16.3. The number of amides is 1. The van der Waals surface area contributed by atoms with E-state index >= 15 is 0 Å². The summed E-state index contributed by atoms with van der Waals surface area (Å²) in [7, 11) is 0. The number of halogens is 2. The summed E-state index contributed by atoms with van der Waals surface area (Å²) in [5.74, 6) is -0.446. The van der Waals surface area contributed by atoms with Gasteiger partial charge in [0.2, 0.25) is 5.91 Å². The first kappa shape index (κ1) is 19.0. The number of carbonyl (C=O) groups is 1. The van der Waals surface area contributed by atoms with Crippen LogP contribution in [-0.2, 0) is 17.8 Å². The number of benzene rings is 2. The van der Waals surface area contributed by atoms with Crippen molar-refractivity contribution < 1.29 is 9.18 Å². The third-order valence-electron chi connectivity index (χ3n) is 4.08. The van der Waals surface area contributed by atoms with Crippen LogP contribution in [0, 0.1) is 5.82 Å². The second kappa shape index (κ2) is 8.77. The van der Waals surface area contributed by atoms with Gasteiger partial charge in [0.05, 0.1) is 18.3 Å². The van der Waals surface area contributed by atoms with Crippen molar-refractivity contribution >= 4 is 21.8 Å². The summed E-state index contributed by atoms with van der Waals surface area (Å²) < 4.78 is 16.6. The Hall–Kier alpha value is -2.73. The van der Waals surface area contributed by atoms with Crippen LogP contribution >= 0.6 is 15.9 Å². The fourth-order valence-corrected chi connectivity index (χ4v) is 3.15. The normalized spacial score (nSPS) is 10.6. The zero-order chi connectivity index (χ0) is 19.2. The lowest BCUT2D eigenvalue weighted by Gasteiger charge is -2.21. The van der Waals surface area contributed by atoms with E-state index in [4.69, 9.17) is 0 Å². The van der Waals surface area contributed by atoms with Crippen molar-refractivity contribution in [3.63, 3.8) is 0 Å². The topological polar surface area (TPSA) is 38.1 Å². The lowest BCUT2D eigenvalue weighted by Crippen LogP contribution is -2.32. The van der Waals surface area contributed by atoms with Crippen LogP contribution in [0.3, 0.4) is 0 Å². The van der Waals surface area contributed by atoms with Crippen molar-refractivity contribution in [3.05, 3.63) is 95.0 Å². The van der Waals surface area contributed by atoms with Gasteiger partial charge in [0.15, 0.2) is 0 Å². The van der Waals surface area contributed by atoms with Crippen molar-refractivity contribution in [1.29, 1.82) is 0 Å². The molecule has 0 aliphatic rings. The summed E-state index contributed by atoms with van der Waals surface area (Å²) in [4.78, 5) is 14.3. The van der Waals surface area contributed by atoms with Gasteiger partial charge >= 0.3 is 0 Å². The molecule has 2 aromatic carbocycles. The highest BCUT2D eigenvalue weighted by atomic mass is 79.9. The summed E-state index contributed by atoms with van der Waals surface area (Å²) in [5, 5.41) is 4.31. The van der Waals surface area contributed by atoms with Gasteiger partial charge in [0.25, 0.3) is 0 Å². The van der Waals surface area contributed by atoms with Gasteiger partial charge in [-0.2, -0.15) is 5.10 Å². The van der Waals surface area contributed by atoms with Gasteiger partial charge in [-0.25, -0.2) is 9.07 Å². The molecule has 0 radical (unpaired) electrons. The Kier molecular flexibility index (Phi) is 6.19. The van der Waals surface area contributed by atoms with E-state index in [2.05, 4.69) is 27.6 Å². The van der Waals surface area contributed by atoms with Crippen molar-refractivity contribution in [2.45, 2.75) is 13.0 Å². The van der Waals surface area contributed by atoms with Gasteiger partial charge < -0.3 is 4.90 Å². The molecule has 4 nitrogen and oxygen atoms in total. The summed E-state index contributed by atoms with van der Waals surface area (Å²) >= 11 is 3.34. The molecule has 27 heavy (non-hydrogen) atoms. The van der Waals surface area contributed by atoms with Crippen LogP contribution in [0.1, 0.15) is 11.1 Å². The van der Waals surface area contributed by atoms with Crippen LogP contribution in [-0.4, -0.2) is 27.1 Å². The number of hydrogen-bond acceptors (Lipinski definition) is 2. The van der Waals surface area contributed by atoms with Crippen LogP contribution in [0.5, 0.6) is 0 Å². The first-order chi connectivity index (χ1) is 13.1. The Labute approximate surface area is 166 Å². The molecular weight excluding hydrogens is 409 g/mol. The fraction of sp³-hybridized carbons (Fsp3) is 0.143. The molecule has 0 aliphatic carbocycles. The Morgan fingerprint density at radius 1 is 1.26 bits per heavy atom. The van der Waals surface area contributed by atoms with Crippen LogP contribution in [0.15, 0.2) is 78.1 Å². The van der Waals surface area contributed by atoms with E-state index in [9.17, 15) is 9.18 Å². The molecule has 0 spiro atoms. The maximum Gasteiger partial charge on any atom is 0.227 e. The summed E-state index contributed by atoms with van der Waals surface area (Å²) in [6.45, 7) is 4.23. The number of rotatable bonds is 7. The number of aromatic nitrogens is 2. The minimum absolute atomic E-state index is 0.109. The standard InChI is InChI=1S/C21H19BrFN3O/c1-2-10-25(15-17-12-18(22)8-9-20(17)23)21(27)11-16-13-24-26(14-16)19-6-4-3-5-7-19/h2-9,12-14H,1,10-11,15H2. The molecule has 1 aromatic heterocycles. The van der Waals surface area contributed by atoms with Gasteiger partial charge in [0.1, 0.15) is 5.82 Å². The maximum absolute atomic E-state index is 14.1. The predicted molar refractivity (Wildman–Crippen MR) is 107 cm³/mol. The highest BCUT2D eigenvalue weighted by Gasteiger charge is 2.16. The van der Waals surface area contributed by atoms with Crippen LogP contribution in [0.25, 0.3) is 5.69 Å². The molecule has 3 rings (SSSR count). The van der Waals surface area contributed by atoms with E-state index < -0.39 is 0 Å². The first-order valence-electron chi connectivity index (χ1n) is 8.48. The van der Waals surface area contributed by atoms with Gasteiger partial charge in [-0.1, -0.05) is 40.2 Å². The number of nitrogens with zero attached hydrogens (tertiary/aromatic N) is 3. The van der Waals surface area contributed by atoms with E-state index in [0.717, 1.165) is 15.7 Å². The van der Waals surface area contributed by atoms with Crippen LogP contribution in [0.2, 0.25) is 0 Å². The highest BCUT2D eigenvalue weighted by molar-refractivity contribution is 9.10. The van der Waals surface area contributed by atoms with Gasteiger partial charge in [-0.3, -0.25) is 4.79 Å². The molecule has 6 heteroatoms. The SMILES string of the molecule is C=CCN(Cc1cc(Br)ccc1F)C(=O)Cc1cnn(-c2ccccc2)c1. The Balaban J connectivity index is 1.73. The molecule has 1 amide bonds. The van der Waals surface area contributed by atoms with Crippen molar-refractivity contribution in [3.8, 4) is 5.69 Å². The summed E-state index contributed by atoms with van der Waals surface area (Å²) in [5.41, 5.74) is 2.18. The van der Waals surface area contributed by atoms with E-state index in [1.165, 1.54) is 6.07 Å². The summed E-state index contributed by atoms with van der Waals surface area (Å²) in [6, 6.07) is 14.4. The number of carbonyl (C=O) groups excluding carboxylic acids is 1. The highest BCUT2D eigenvalue weighted by Crippen LogP contribution is 2.18. The number of para-hydroxylation sites is 1. The Morgan fingerprint density at radius 3 is 2.78 bits per heavy atom. The monoisotopic (exact) mass is 427 g/mol. The minimum Gasteiger partial charge on any atom is -0.334 e. The lowest BCUT2D eigenvalue weighted by molar-refractivity contribution is -0.130. The second-order valence-electron chi connectivity index (χ2n) is 6.10. The third kappa shape index (κ3) is 4.92. The average molecular weight is 428 g/mol. The number of hydrogen-bond donors (Lipinski definition) is 0. The molecule has 0 aliphatic heterocycles. The summed E-state index contributed by atoms with van der Waals surface area (Å²) in [6.07, 6.45) is 5.34. The Bertz CT molecular complexity index is 940. The predicted octanol–water partition coefficient (Wildman–Crippen LogP) is 4.53. The molecule has 0 fully saturated rings. The lowest BCUT2D eigenvalue weighted by atomic mass is 10.1. The van der Waals surface area contributed by atoms with Crippen LogP contribution < -0.4 is 0 Å². The smallest absolute Gasteiger partial charge is 0.227 e. The first-order valence-corrected chi connectivity index (χ1v) is 9.27. The quantitative estimate of drug-likeness (QED) is 0.519. The Morgan fingerprint density at radius 2 is 2.04 bits per heavy atom.